The number of hydrogen-bond acceptors (Lipinski definition) is 3. The zero-order valence-electron chi connectivity index (χ0n) is 9.30. The van der Waals surface area contributed by atoms with Crippen molar-refractivity contribution < 1.29 is 14.7 Å². The highest BCUT2D eigenvalue weighted by Crippen LogP contribution is 2.17. The molecule has 0 aromatic heterocycles. The normalized spacial score (nSPS) is 19.6. The number of nitrogens with zero attached hydrogens (tertiary/aromatic N) is 1. The first-order chi connectivity index (χ1) is 8.16. The summed E-state index contributed by atoms with van der Waals surface area (Å²) in [5, 5.41) is 11.1. The van der Waals surface area contributed by atoms with E-state index < -0.39 is 6.10 Å². The van der Waals surface area contributed by atoms with Gasteiger partial charge in [-0.2, -0.15) is 0 Å². The second-order valence-corrected chi connectivity index (χ2v) is 4.40. The van der Waals surface area contributed by atoms with E-state index in [1.807, 2.05) is 18.2 Å². The third-order valence-electron chi connectivity index (χ3n) is 2.64. The number of β-amino-alcohol motifs (C(OH)–C–C–N with tert-alkyl or cyclic N) is 1. The van der Waals surface area contributed by atoms with Crippen LogP contribution in [0.4, 0.5) is 0 Å². The molecule has 1 unspecified atom stereocenters. The predicted molar refractivity (Wildman–Crippen MR) is 63.4 cm³/mol. The van der Waals surface area contributed by atoms with E-state index in [0.29, 0.717) is 17.9 Å². The van der Waals surface area contributed by atoms with Crippen molar-refractivity contribution in [2.75, 3.05) is 13.2 Å². The Morgan fingerprint density at radius 2 is 2.29 bits per heavy atom. The molecule has 1 N–H and O–H groups in total. The van der Waals surface area contributed by atoms with Crippen LogP contribution in [-0.4, -0.2) is 35.3 Å². The van der Waals surface area contributed by atoms with Gasteiger partial charge in [0.1, 0.15) is 6.61 Å². The molecule has 1 aliphatic heterocycles. The number of rotatable bonds is 3. The average molecular weight is 256 g/mol. The fourth-order valence-corrected chi connectivity index (χ4v) is 1.94. The fourth-order valence-electron chi connectivity index (χ4n) is 1.71. The Morgan fingerprint density at radius 1 is 1.53 bits per heavy atom. The van der Waals surface area contributed by atoms with Gasteiger partial charge in [0.2, 0.25) is 5.91 Å². The van der Waals surface area contributed by atoms with Crippen molar-refractivity contribution in [1.29, 1.82) is 0 Å². The Kier molecular flexibility index (Phi) is 3.99. The summed E-state index contributed by atoms with van der Waals surface area (Å²) < 4.78 is 0. The highest BCUT2D eigenvalue weighted by Gasteiger charge is 2.25. The van der Waals surface area contributed by atoms with Gasteiger partial charge in [0, 0.05) is 11.4 Å². The Bertz CT molecular complexity index is 410. The number of benzene rings is 1. The Morgan fingerprint density at radius 3 is 2.94 bits per heavy atom. The van der Waals surface area contributed by atoms with E-state index >= 15 is 0 Å². The summed E-state index contributed by atoms with van der Waals surface area (Å²) in [6.45, 7) is 0.444. The summed E-state index contributed by atoms with van der Waals surface area (Å²) in [6.07, 6.45) is 0.338. The Hall–Kier alpha value is -1.10. The standard InChI is InChI=1S/C12H14ClNO3/c13-11-4-2-1-3-9(11)5-6-12(16)14-7-10(15)8-17-14/h1-4,10,15H,5-8H2. The van der Waals surface area contributed by atoms with Crippen molar-refractivity contribution in [3.63, 3.8) is 0 Å². The van der Waals surface area contributed by atoms with Gasteiger partial charge < -0.3 is 5.11 Å². The number of hydrogen-bond donors (Lipinski definition) is 1. The van der Waals surface area contributed by atoms with E-state index in [9.17, 15) is 9.90 Å². The topological polar surface area (TPSA) is 49.8 Å². The van der Waals surface area contributed by atoms with Crippen molar-refractivity contribution in [3.8, 4) is 0 Å². The number of aliphatic hydroxyl groups excluding tert-OH is 1. The van der Waals surface area contributed by atoms with E-state index in [2.05, 4.69) is 0 Å². The van der Waals surface area contributed by atoms with Crippen LogP contribution in [0.5, 0.6) is 0 Å². The number of aryl methyl sites for hydroxylation is 1. The number of hydroxylamine groups is 2. The van der Waals surface area contributed by atoms with Crippen molar-refractivity contribution in [1.82, 2.24) is 5.06 Å². The van der Waals surface area contributed by atoms with Gasteiger partial charge in [-0.1, -0.05) is 29.8 Å². The van der Waals surface area contributed by atoms with Crippen LogP contribution in [0.3, 0.4) is 0 Å². The maximum Gasteiger partial charge on any atom is 0.246 e. The summed E-state index contributed by atoms with van der Waals surface area (Å²) in [6, 6.07) is 7.45. The lowest BCUT2D eigenvalue weighted by Gasteiger charge is -2.13. The second-order valence-electron chi connectivity index (χ2n) is 4.00. The largest absolute Gasteiger partial charge is 0.389 e. The monoisotopic (exact) mass is 255 g/mol. The Balaban J connectivity index is 1.86. The molecule has 1 aliphatic rings. The quantitative estimate of drug-likeness (QED) is 0.889. The lowest BCUT2D eigenvalue weighted by atomic mass is 10.1. The zero-order valence-corrected chi connectivity index (χ0v) is 10.1. The highest BCUT2D eigenvalue weighted by atomic mass is 35.5. The molecule has 0 aliphatic carbocycles. The molecule has 2 rings (SSSR count). The molecule has 17 heavy (non-hydrogen) atoms. The van der Waals surface area contributed by atoms with Crippen molar-refractivity contribution in [2.45, 2.75) is 18.9 Å². The maximum absolute atomic E-state index is 11.7. The molecule has 1 aromatic carbocycles. The van der Waals surface area contributed by atoms with E-state index in [0.717, 1.165) is 5.56 Å². The minimum absolute atomic E-state index is 0.124. The SMILES string of the molecule is O=C(CCc1ccccc1Cl)N1CC(O)CO1. The summed E-state index contributed by atoms with van der Waals surface area (Å²) in [7, 11) is 0. The Labute approximate surface area is 105 Å². The average Bonchev–Trinajstić information content (AvgIpc) is 2.74. The number of carbonyl (C=O) groups is 1. The molecule has 0 bridgehead atoms. The smallest absolute Gasteiger partial charge is 0.246 e. The van der Waals surface area contributed by atoms with Crippen molar-refractivity contribution >= 4 is 17.5 Å². The molecule has 5 heteroatoms. The van der Waals surface area contributed by atoms with Crippen LogP contribution in [0.25, 0.3) is 0 Å². The number of aliphatic hydroxyl groups is 1. The predicted octanol–water partition coefficient (Wildman–Crippen LogP) is 1.41. The third-order valence-corrected chi connectivity index (χ3v) is 3.01. The molecule has 1 amide bonds. The van der Waals surface area contributed by atoms with Gasteiger partial charge in [-0.15, -0.1) is 0 Å². The van der Waals surface area contributed by atoms with E-state index in [4.69, 9.17) is 16.4 Å². The molecule has 1 heterocycles. The summed E-state index contributed by atoms with van der Waals surface area (Å²) in [5.74, 6) is -0.124. The third kappa shape index (κ3) is 3.19. The van der Waals surface area contributed by atoms with Gasteiger partial charge in [0.05, 0.1) is 12.6 Å². The molecule has 0 spiro atoms. The van der Waals surface area contributed by atoms with Gasteiger partial charge >= 0.3 is 0 Å². The molecule has 0 radical (unpaired) electrons. The van der Waals surface area contributed by atoms with Crippen molar-refractivity contribution in [2.24, 2.45) is 0 Å². The van der Waals surface area contributed by atoms with Crippen LogP contribution < -0.4 is 0 Å². The fraction of sp³-hybridized carbons (Fsp3) is 0.417. The number of carbonyl (C=O) groups excluding carboxylic acids is 1. The van der Waals surface area contributed by atoms with Gasteiger partial charge in [-0.3, -0.25) is 9.63 Å². The minimum Gasteiger partial charge on any atom is -0.389 e. The molecule has 1 aromatic rings. The first-order valence-electron chi connectivity index (χ1n) is 5.51. The highest BCUT2D eigenvalue weighted by molar-refractivity contribution is 6.31. The van der Waals surface area contributed by atoms with Gasteiger partial charge in [0.25, 0.3) is 0 Å². The van der Waals surface area contributed by atoms with E-state index in [1.54, 1.807) is 6.07 Å². The van der Waals surface area contributed by atoms with Crippen LogP contribution >= 0.6 is 11.6 Å². The van der Waals surface area contributed by atoms with E-state index in [1.165, 1.54) is 5.06 Å². The van der Waals surface area contributed by atoms with Crippen LogP contribution in [-0.2, 0) is 16.1 Å². The molecular formula is C12H14ClNO3. The first-order valence-corrected chi connectivity index (χ1v) is 5.89. The van der Waals surface area contributed by atoms with E-state index in [-0.39, 0.29) is 19.1 Å². The van der Waals surface area contributed by atoms with Gasteiger partial charge in [-0.05, 0) is 18.1 Å². The van der Waals surface area contributed by atoms with Crippen LogP contribution in [0.2, 0.25) is 5.02 Å². The minimum atomic E-state index is -0.570. The molecule has 1 fully saturated rings. The molecule has 1 saturated heterocycles. The summed E-state index contributed by atoms with van der Waals surface area (Å²) in [5.41, 5.74) is 0.947. The van der Waals surface area contributed by atoms with Crippen LogP contribution in [0.15, 0.2) is 24.3 Å². The number of halogens is 1. The lowest BCUT2D eigenvalue weighted by molar-refractivity contribution is -0.168. The molecular weight excluding hydrogens is 242 g/mol. The van der Waals surface area contributed by atoms with Gasteiger partial charge in [0.15, 0.2) is 0 Å². The lowest BCUT2D eigenvalue weighted by Crippen LogP contribution is -2.28. The first kappa shape index (κ1) is 12.4. The zero-order chi connectivity index (χ0) is 12.3. The maximum atomic E-state index is 11.7. The number of amides is 1. The molecule has 0 saturated carbocycles. The van der Waals surface area contributed by atoms with Gasteiger partial charge in [-0.25, -0.2) is 5.06 Å². The summed E-state index contributed by atoms with van der Waals surface area (Å²) >= 11 is 5.99. The molecule has 1 atom stereocenters. The van der Waals surface area contributed by atoms with Crippen LogP contribution in [0, 0.1) is 0 Å². The molecule has 4 nitrogen and oxygen atoms in total. The summed E-state index contributed by atoms with van der Waals surface area (Å²) in [4.78, 5) is 16.8. The van der Waals surface area contributed by atoms with Crippen molar-refractivity contribution in [3.05, 3.63) is 34.9 Å². The van der Waals surface area contributed by atoms with Crippen LogP contribution in [0.1, 0.15) is 12.0 Å². The second kappa shape index (κ2) is 5.49. The molecule has 92 valence electrons.